The van der Waals surface area contributed by atoms with Gasteiger partial charge in [-0.3, -0.25) is 14.2 Å². The number of phosphoric acid groups is 1. The Morgan fingerprint density at radius 1 is 0.398 bits per heavy atom. The Balaban J connectivity index is 5.01. The third kappa shape index (κ3) is 67.6. The Morgan fingerprint density at radius 2 is 0.693 bits per heavy atom. The quantitative estimate of drug-likeness (QED) is 0.0212. The topological polar surface area (TPSA) is 114 Å². The number of nitrogens with one attached hydrogen (secondary N) is 1. The van der Waals surface area contributed by atoms with Crippen LogP contribution in [0.5, 0.6) is 0 Å². The predicted molar refractivity (Wildman–Crippen MR) is 381 cm³/mol. The molecule has 0 aliphatic rings. The van der Waals surface area contributed by atoms with E-state index in [1.54, 1.807) is 0 Å². The van der Waals surface area contributed by atoms with Gasteiger partial charge in [-0.05, 0) is 109 Å². The van der Waals surface area contributed by atoms with E-state index in [9.17, 15) is 19.0 Å². The second kappa shape index (κ2) is 67.1. The molecule has 0 aromatic rings. The molecule has 0 saturated carbocycles. The highest BCUT2D eigenvalue weighted by Gasteiger charge is 2.27. The zero-order valence-electron chi connectivity index (χ0n) is 58.7. The number of likely N-dealkylation sites (N-methyl/N-ethyl adjacent to an activating group) is 1. The van der Waals surface area contributed by atoms with Gasteiger partial charge in [0.15, 0.2) is 0 Å². The molecule has 0 saturated heterocycles. The van der Waals surface area contributed by atoms with Crippen LogP contribution in [0.25, 0.3) is 0 Å². The van der Waals surface area contributed by atoms with Gasteiger partial charge in [-0.2, -0.15) is 0 Å². The normalized spacial score (nSPS) is 13.9. The van der Waals surface area contributed by atoms with Gasteiger partial charge >= 0.3 is 5.97 Å². The van der Waals surface area contributed by atoms with E-state index in [0.29, 0.717) is 17.4 Å². The van der Waals surface area contributed by atoms with Gasteiger partial charge < -0.3 is 28.5 Å². The number of allylic oxidation sites excluding steroid dienone is 13. The summed E-state index contributed by atoms with van der Waals surface area (Å²) in [6, 6.07) is -0.894. The fraction of sp³-hybridized carbons (Fsp3) is 0.795. The van der Waals surface area contributed by atoms with Crippen LogP contribution in [0.4, 0.5) is 0 Å². The van der Waals surface area contributed by atoms with Gasteiger partial charge in [-0.25, -0.2) is 0 Å². The molecule has 0 aromatic carbocycles. The van der Waals surface area contributed by atoms with Crippen molar-refractivity contribution < 1.29 is 37.3 Å². The molecule has 10 heteroatoms. The number of quaternary nitrogens is 1. The summed E-state index contributed by atoms with van der Waals surface area (Å²) < 4.78 is 30.5. The third-order valence-electron chi connectivity index (χ3n) is 16.5. The van der Waals surface area contributed by atoms with Crippen LogP contribution in [-0.2, 0) is 27.9 Å². The summed E-state index contributed by atoms with van der Waals surface area (Å²) in [7, 11) is 1.19. The summed E-state index contributed by atoms with van der Waals surface area (Å²) >= 11 is 0. The van der Waals surface area contributed by atoms with E-state index < -0.39 is 26.6 Å². The number of carbonyl (C=O) groups is 2. The van der Waals surface area contributed by atoms with E-state index in [4.69, 9.17) is 13.8 Å². The lowest BCUT2D eigenvalue weighted by Gasteiger charge is -2.30. The van der Waals surface area contributed by atoms with E-state index in [-0.39, 0.29) is 24.9 Å². The fourth-order valence-electron chi connectivity index (χ4n) is 10.8. The number of phosphoric ester groups is 1. The molecule has 0 aromatic heterocycles. The molecule has 0 aliphatic carbocycles. The van der Waals surface area contributed by atoms with Crippen LogP contribution in [0.1, 0.15) is 348 Å². The van der Waals surface area contributed by atoms with Crippen LogP contribution in [0.15, 0.2) is 85.1 Å². The van der Waals surface area contributed by atoms with E-state index in [1.165, 1.54) is 231 Å². The Labute approximate surface area is 546 Å². The zero-order valence-corrected chi connectivity index (χ0v) is 59.6. The maximum absolute atomic E-state index is 13.6. The first kappa shape index (κ1) is 85.2. The molecule has 1 N–H and O–H groups in total. The van der Waals surface area contributed by atoms with Crippen LogP contribution in [-0.4, -0.2) is 69.4 Å². The van der Waals surface area contributed by atoms with Crippen molar-refractivity contribution >= 4 is 19.7 Å². The van der Waals surface area contributed by atoms with Crippen LogP contribution in [0.3, 0.4) is 0 Å². The molecule has 512 valence electrons. The number of hydrogen-bond donors (Lipinski definition) is 1. The molecule has 3 atom stereocenters. The Morgan fingerprint density at radius 3 is 1.06 bits per heavy atom. The lowest BCUT2D eigenvalue weighted by Crippen LogP contribution is -2.47. The van der Waals surface area contributed by atoms with Crippen molar-refractivity contribution in [1.82, 2.24) is 5.32 Å². The van der Waals surface area contributed by atoms with Crippen LogP contribution in [0.2, 0.25) is 0 Å². The molecular weight excluding hydrogens is 1110 g/mol. The Bertz CT molecular complexity index is 1780. The maximum atomic E-state index is 13.6. The molecule has 1 amide bonds. The number of unbranched alkanes of at least 4 members (excludes halogenated alkanes) is 40. The maximum Gasteiger partial charge on any atom is 0.306 e. The monoisotopic (exact) mass is 1250 g/mol. The molecule has 0 bridgehead atoms. The second-order valence-electron chi connectivity index (χ2n) is 26.4. The summed E-state index contributed by atoms with van der Waals surface area (Å²) in [6.07, 6.45) is 89.9. The van der Waals surface area contributed by atoms with Crippen molar-refractivity contribution in [3.8, 4) is 0 Å². The number of rotatable bonds is 68. The molecule has 88 heavy (non-hydrogen) atoms. The van der Waals surface area contributed by atoms with Crippen LogP contribution in [0, 0.1) is 0 Å². The lowest BCUT2D eigenvalue weighted by atomic mass is 10.0. The number of ether oxygens (including phenoxy) is 1. The van der Waals surface area contributed by atoms with E-state index in [2.05, 4.69) is 99.0 Å². The van der Waals surface area contributed by atoms with Crippen molar-refractivity contribution in [1.29, 1.82) is 0 Å². The minimum Gasteiger partial charge on any atom is -0.756 e. The summed E-state index contributed by atoms with van der Waals surface area (Å²) in [4.78, 5) is 40.3. The number of hydrogen-bond acceptors (Lipinski definition) is 7. The molecule has 0 spiro atoms. The van der Waals surface area contributed by atoms with Crippen molar-refractivity contribution in [3.05, 3.63) is 85.1 Å². The SMILES string of the molecule is CCCCC/C=C\C/C=C\C/C=C\CCCCCCCCCCCCCCC(=O)NC(COP(=O)([O-])OCC[N+](C)(C)C)C(/C=C/CCCCCCCCCCCC)OC(=O)CCCCCCCCCCCCCC/C=C\C/C=C\C/C=C\CCCCC. The molecule has 0 aliphatic heterocycles. The van der Waals surface area contributed by atoms with E-state index in [0.717, 1.165) is 83.5 Å². The minimum absolute atomic E-state index is 0.0246. The molecule has 0 fully saturated rings. The van der Waals surface area contributed by atoms with Crippen molar-refractivity contribution in [2.24, 2.45) is 0 Å². The van der Waals surface area contributed by atoms with Gasteiger partial charge in [0.2, 0.25) is 5.91 Å². The molecule has 3 unspecified atom stereocenters. The average Bonchev–Trinajstić information content (AvgIpc) is 3.71. The largest absolute Gasteiger partial charge is 0.756 e. The van der Waals surface area contributed by atoms with Gasteiger partial charge in [0.1, 0.15) is 19.3 Å². The van der Waals surface area contributed by atoms with Crippen LogP contribution < -0.4 is 10.2 Å². The number of amides is 1. The first-order valence-electron chi connectivity index (χ1n) is 37.4. The van der Waals surface area contributed by atoms with E-state index >= 15 is 0 Å². The third-order valence-corrected chi connectivity index (χ3v) is 17.5. The van der Waals surface area contributed by atoms with Crippen molar-refractivity contribution in [3.63, 3.8) is 0 Å². The van der Waals surface area contributed by atoms with E-state index in [1.807, 2.05) is 33.3 Å². The van der Waals surface area contributed by atoms with Gasteiger partial charge in [0.05, 0.1) is 33.8 Å². The van der Waals surface area contributed by atoms with Crippen molar-refractivity contribution in [2.45, 2.75) is 360 Å². The van der Waals surface area contributed by atoms with Gasteiger partial charge in [0, 0.05) is 12.8 Å². The first-order chi connectivity index (χ1) is 42.9. The molecule has 0 rings (SSSR count). The Kier molecular flexibility index (Phi) is 64.9. The average molecular weight is 1250 g/mol. The van der Waals surface area contributed by atoms with Gasteiger partial charge in [0.25, 0.3) is 7.82 Å². The lowest BCUT2D eigenvalue weighted by molar-refractivity contribution is -0.870. The highest BCUT2D eigenvalue weighted by Crippen LogP contribution is 2.38. The van der Waals surface area contributed by atoms with Crippen LogP contribution >= 0.6 is 7.82 Å². The standard InChI is InChI=1S/C78H143N2O7P/c1-7-10-13-16-19-22-25-28-30-32-34-36-38-40-42-44-46-48-50-52-55-58-61-64-67-70-77(81)79-75(74-86-88(83,84)85-73-72-80(4,5)6)76(69-66-63-60-57-54-27-24-21-18-15-12-9-3)87-78(82)71-68-65-62-59-56-53-51-49-47-45-43-41-39-37-35-33-31-29-26-23-20-17-14-11-8-2/h19-20,22-23,28-31,34-37,66,69,75-76H,7-18,21,24-27,32-33,38-65,67-68,70-74H2,1-6H3,(H-,79,81,83,84)/b22-19-,23-20-,30-28-,31-29-,36-34-,37-35-,69-66+. The fourth-order valence-corrected chi connectivity index (χ4v) is 11.5. The molecular formula is C78H143N2O7P. The van der Waals surface area contributed by atoms with Gasteiger partial charge in [-0.15, -0.1) is 0 Å². The molecule has 9 nitrogen and oxygen atoms in total. The molecule has 0 heterocycles. The van der Waals surface area contributed by atoms with Crippen molar-refractivity contribution in [2.75, 3.05) is 40.9 Å². The number of nitrogens with zero attached hydrogens (tertiary/aromatic N) is 1. The number of carbonyl (C=O) groups excluding carboxylic acids is 2. The first-order valence-corrected chi connectivity index (χ1v) is 38.9. The zero-order chi connectivity index (χ0) is 64.2. The minimum atomic E-state index is -4.71. The predicted octanol–water partition coefficient (Wildman–Crippen LogP) is 23.4. The summed E-state index contributed by atoms with van der Waals surface area (Å²) in [5.74, 6) is -0.536. The summed E-state index contributed by atoms with van der Waals surface area (Å²) in [5.41, 5.74) is 0. The summed E-state index contributed by atoms with van der Waals surface area (Å²) in [5, 5.41) is 3.05. The highest BCUT2D eigenvalue weighted by molar-refractivity contribution is 7.45. The van der Waals surface area contributed by atoms with Gasteiger partial charge in [-0.1, -0.05) is 312 Å². The summed E-state index contributed by atoms with van der Waals surface area (Å²) in [6.45, 7) is 6.82. The Hall–Kier alpha value is -2.81. The smallest absolute Gasteiger partial charge is 0.306 e. The highest BCUT2D eigenvalue weighted by atomic mass is 31.2. The molecule has 0 radical (unpaired) electrons. The number of esters is 1. The second-order valence-corrected chi connectivity index (χ2v) is 27.9.